The van der Waals surface area contributed by atoms with Crippen LogP contribution in [0.15, 0.2) is 11.6 Å². The fourth-order valence-corrected chi connectivity index (χ4v) is 1.18. The van der Waals surface area contributed by atoms with Crippen molar-refractivity contribution in [3.63, 3.8) is 0 Å². The first-order valence-electron chi connectivity index (χ1n) is 5.92. The van der Waals surface area contributed by atoms with Crippen LogP contribution in [0.3, 0.4) is 0 Å². The number of carbonyl (C=O) groups is 1. The van der Waals surface area contributed by atoms with Gasteiger partial charge in [-0.3, -0.25) is 0 Å². The summed E-state index contributed by atoms with van der Waals surface area (Å²) in [7, 11) is 0. The first-order chi connectivity index (χ1) is 7.29. The van der Waals surface area contributed by atoms with E-state index in [0.29, 0.717) is 24.5 Å². The number of aliphatic carboxylic acids is 1. The standard InChI is InChI=1S/C13H25NO2/c1-6-11(12(15)16)7-8-14-9-10(2)13(3,4)5/h7,10,14H,6,8-9H2,1-5H3,(H,15,16). The minimum absolute atomic E-state index is 0.289. The molecule has 0 aromatic heterocycles. The zero-order valence-electron chi connectivity index (χ0n) is 11.1. The van der Waals surface area contributed by atoms with Crippen LogP contribution in [0.1, 0.15) is 41.0 Å². The molecule has 1 atom stereocenters. The molecule has 0 aromatic carbocycles. The van der Waals surface area contributed by atoms with Crippen LogP contribution in [0.25, 0.3) is 0 Å². The average Bonchev–Trinajstić information content (AvgIpc) is 2.15. The minimum Gasteiger partial charge on any atom is -0.478 e. The van der Waals surface area contributed by atoms with Crippen molar-refractivity contribution in [3.8, 4) is 0 Å². The van der Waals surface area contributed by atoms with Crippen LogP contribution in [0.4, 0.5) is 0 Å². The molecule has 0 rings (SSSR count). The van der Waals surface area contributed by atoms with Crippen molar-refractivity contribution in [1.29, 1.82) is 0 Å². The number of hydrogen-bond acceptors (Lipinski definition) is 2. The molecule has 0 aliphatic rings. The van der Waals surface area contributed by atoms with E-state index in [9.17, 15) is 4.79 Å². The van der Waals surface area contributed by atoms with Crippen molar-refractivity contribution in [1.82, 2.24) is 5.32 Å². The molecule has 0 radical (unpaired) electrons. The Morgan fingerprint density at radius 1 is 1.44 bits per heavy atom. The van der Waals surface area contributed by atoms with Gasteiger partial charge in [-0.25, -0.2) is 4.79 Å². The molecule has 0 aliphatic carbocycles. The van der Waals surface area contributed by atoms with Crippen LogP contribution in [-0.4, -0.2) is 24.2 Å². The first kappa shape index (κ1) is 15.2. The molecule has 0 amide bonds. The first-order valence-corrected chi connectivity index (χ1v) is 5.92. The Morgan fingerprint density at radius 2 is 2.00 bits per heavy atom. The molecule has 16 heavy (non-hydrogen) atoms. The Bertz CT molecular complexity index is 251. The van der Waals surface area contributed by atoms with Crippen LogP contribution in [0.5, 0.6) is 0 Å². The van der Waals surface area contributed by atoms with Crippen molar-refractivity contribution < 1.29 is 9.90 Å². The molecule has 2 N–H and O–H groups in total. The second kappa shape index (κ2) is 6.69. The summed E-state index contributed by atoms with van der Waals surface area (Å²) >= 11 is 0. The lowest BCUT2D eigenvalue weighted by Gasteiger charge is -2.27. The van der Waals surface area contributed by atoms with Crippen molar-refractivity contribution in [2.75, 3.05) is 13.1 Å². The molecular formula is C13H25NO2. The Balaban J connectivity index is 3.96. The van der Waals surface area contributed by atoms with Gasteiger partial charge in [-0.1, -0.05) is 40.7 Å². The largest absolute Gasteiger partial charge is 0.478 e. The summed E-state index contributed by atoms with van der Waals surface area (Å²) in [5.41, 5.74) is 0.771. The molecule has 0 aromatic rings. The monoisotopic (exact) mass is 227 g/mol. The number of hydrogen-bond donors (Lipinski definition) is 2. The highest BCUT2D eigenvalue weighted by Crippen LogP contribution is 2.24. The summed E-state index contributed by atoms with van der Waals surface area (Å²) in [6.07, 6.45) is 2.34. The van der Waals surface area contributed by atoms with Gasteiger partial charge in [-0.15, -0.1) is 0 Å². The van der Waals surface area contributed by atoms with Crippen LogP contribution >= 0.6 is 0 Å². The SMILES string of the molecule is CCC(=CCNCC(C)C(C)(C)C)C(=O)O. The third kappa shape index (κ3) is 5.91. The fourth-order valence-electron chi connectivity index (χ4n) is 1.18. The van der Waals surface area contributed by atoms with Gasteiger partial charge in [0, 0.05) is 12.1 Å². The van der Waals surface area contributed by atoms with Crippen LogP contribution in [0.2, 0.25) is 0 Å². The topological polar surface area (TPSA) is 49.3 Å². The molecular weight excluding hydrogens is 202 g/mol. The maximum Gasteiger partial charge on any atom is 0.331 e. The molecule has 3 nitrogen and oxygen atoms in total. The van der Waals surface area contributed by atoms with Gasteiger partial charge < -0.3 is 10.4 Å². The molecule has 0 spiro atoms. The zero-order chi connectivity index (χ0) is 12.8. The lowest BCUT2D eigenvalue weighted by Crippen LogP contribution is -2.30. The van der Waals surface area contributed by atoms with Crippen LogP contribution < -0.4 is 5.32 Å². The number of nitrogens with one attached hydrogen (secondary N) is 1. The maximum atomic E-state index is 10.7. The van der Waals surface area contributed by atoms with Crippen molar-refractivity contribution in [2.45, 2.75) is 41.0 Å². The second-order valence-corrected chi connectivity index (χ2v) is 5.31. The third-order valence-corrected chi connectivity index (χ3v) is 3.08. The zero-order valence-corrected chi connectivity index (χ0v) is 11.1. The molecule has 0 heterocycles. The summed E-state index contributed by atoms with van der Waals surface area (Å²) in [4.78, 5) is 10.7. The molecule has 0 saturated carbocycles. The van der Waals surface area contributed by atoms with E-state index in [-0.39, 0.29) is 5.41 Å². The summed E-state index contributed by atoms with van der Waals surface area (Å²) in [5.74, 6) is -0.246. The van der Waals surface area contributed by atoms with E-state index in [1.165, 1.54) is 0 Å². The van der Waals surface area contributed by atoms with Gasteiger partial charge in [-0.2, -0.15) is 0 Å². The fraction of sp³-hybridized carbons (Fsp3) is 0.769. The highest BCUT2D eigenvalue weighted by molar-refractivity contribution is 5.86. The quantitative estimate of drug-likeness (QED) is 0.542. The maximum absolute atomic E-state index is 10.7. The molecule has 1 unspecified atom stereocenters. The summed E-state index contributed by atoms with van der Waals surface area (Å²) in [6, 6.07) is 0. The van der Waals surface area contributed by atoms with Gasteiger partial charge in [0.1, 0.15) is 0 Å². The third-order valence-electron chi connectivity index (χ3n) is 3.08. The molecule has 0 bridgehead atoms. The van der Waals surface area contributed by atoms with E-state index in [2.05, 4.69) is 33.0 Å². The van der Waals surface area contributed by atoms with Gasteiger partial charge in [0.25, 0.3) is 0 Å². The molecule has 0 fully saturated rings. The highest BCUT2D eigenvalue weighted by atomic mass is 16.4. The Labute approximate surface area is 98.9 Å². The number of rotatable bonds is 6. The Kier molecular flexibility index (Phi) is 6.34. The Hall–Kier alpha value is -0.830. The van der Waals surface area contributed by atoms with E-state index >= 15 is 0 Å². The predicted octanol–water partition coefficient (Wildman–Crippen LogP) is 2.68. The smallest absolute Gasteiger partial charge is 0.331 e. The van der Waals surface area contributed by atoms with Gasteiger partial charge in [0.05, 0.1) is 0 Å². The molecule has 3 heteroatoms. The lowest BCUT2D eigenvalue weighted by molar-refractivity contribution is -0.132. The van der Waals surface area contributed by atoms with Crippen molar-refractivity contribution >= 4 is 5.97 Å². The molecule has 94 valence electrons. The molecule has 0 aliphatic heterocycles. The normalized spacial score (nSPS) is 14.9. The van der Waals surface area contributed by atoms with E-state index in [1.54, 1.807) is 6.08 Å². The van der Waals surface area contributed by atoms with E-state index in [1.807, 2.05) is 6.92 Å². The summed E-state index contributed by atoms with van der Waals surface area (Å²) in [6.45, 7) is 12.2. The molecule has 0 saturated heterocycles. The van der Waals surface area contributed by atoms with E-state index in [4.69, 9.17) is 5.11 Å². The summed E-state index contributed by atoms with van der Waals surface area (Å²) < 4.78 is 0. The van der Waals surface area contributed by atoms with Gasteiger partial charge >= 0.3 is 5.97 Å². The average molecular weight is 227 g/mol. The highest BCUT2D eigenvalue weighted by Gasteiger charge is 2.18. The Morgan fingerprint density at radius 3 is 2.38 bits per heavy atom. The van der Waals surface area contributed by atoms with E-state index in [0.717, 1.165) is 6.54 Å². The van der Waals surface area contributed by atoms with Gasteiger partial charge in [0.2, 0.25) is 0 Å². The van der Waals surface area contributed by atoms with Crippen molar-refractivity contribution in [3.05, 3.63) is 11.6 Å². The van der Waals surface area contributed by atoms with E-state index < -0.39 is 5.97 Å². The van der Waals surface area contributed by atoms with Crippen LogP contribution in [0, 0.1) is 11.3 Å². The van der Waals surface area contributed by atoms with Gasteiger partial charge in [0.15, 0.2) is 0 Å². The number of carboxylic acid groups (broad SMARTS) is 1. The minimum atomic E-state index is -0.812. The van der Waals surface area contributed by atoms with Crippen molar-refractivity contribution in [2.24, 2.45) is 11.3 Å². The summed E-state index contributed by atoms with van der Waals surface area (Å²) in [5, 5.41) is 12.1. The number of carboxylic acids is 1. The lowest BCUT2D eigenvalue weighted by atomic mass is 9.82. The van der Waals surface area contributed by atoms with Gasteiger partial charge in [-0.05, 0) is 24.3 Å². The second-order valence-electron chi connectivity index (χ2n) is 5.31. The van der Waals surface area contributed by atoms with Crippen LogP contribution in [-0.2, 0) is 4.79 Å². The predicted molar refractivity (Wildman–Crippen MR) is 67.5 cm³/mol.